The fourth-order valence-corrected chi connectivity index (χ4v) is 2.71. The van der Waals surface area contributed by atoms with Crippen molar-refractivity contribution in [3.63, 3.8) is 0 Å². The van der Waals surface area contributed by atoms with E-state index in [9.17, 15) is 4.79 Å². The summed E-state index contributed by atoms with van der Waals surface area (Å²) in [6.07, 6.45) is 5.14. The summed E-state index contributed by atoms with van der Waals surface area (Å²) in [6.45, 7) is 4.57. The van der Waals surface area contributed by atoms with Crippen LogP contribution in [0.1, 0.15) is 23.5 Å². The highest BCUT2D eigenvalue weighted by atomic mass is 32.2. The van der Waals surface area contributed by atoms with E-state index in [4.69, 9.17) is 12.2 Å². The van der Waals surface area contributed by atoms with Crippen molar-refractivity contribution in [2.75, 3.05) is 29.1 Å². The number of anilines is 2. The molecule has 4 N–H and O–H groups in total. The molecule has 104 valence electrons. The number of nitrogen functional groups attached to an aromatic ring is 1. The number of hydrogen-bond acceptors (Lipinski definition) is 6. The number of rotatable bonds is 7. The molecule has 0 spiro atoms. The van der Waals surface area contributed by atoms with Crippen LogP contribution in [0.5, 0.6) is 0 Å². The van der Waals surface area contributed by atoms with Crippen molar-refractivity contribution < 1.29 is 4.79 Å². The molecule has 0 aliphatic heterocycles. The van der Waals surface area contributed by atoms with Crippen molar-refractivity contribution in [3.05, 3.63) is 4.88 Å². The molecule has 0 unspecified atom stereocenters. The third-order valence-corrected chi connectivity index (χ3v) is 3.85. The first-order valence-corrected chi connectivity index (χ1v) is 7.84. The van der Waals surface area contributed by atoms with Crippen LogP contribution in [-0.2, 0) is 0 Å². The zero-order chi connectivity index (χ0) is 14.3. The Hall–Kier alpha value is -1.39. The SMILES string of the molecule is C#CCSCCNC(=O)c1sc(NC(C)C)nc1N. The molecule has 19 heavy (non-hydrogen) atoms. The number of carbonyl (C=O) groups excluding carboxylic acids is 1. The first-order chi connectivity index (χ1) is 9.04. The van der Waals surface area contributed by atoms with E-state index < -0.39 is 0 Å². The van der Waals surface area contributed by atoms with E-state index in [1.54, 1.807) is 11.8 Å². The lowest BCUT2D eigenvalue weighted by atomic mass is 10.4. The second-order valence-corrected chi connectivity index (χ2v) is 6.15. The van der Waals surface area contributed by atoms with E-state index in [1.807, 2.05) is 13.8 Å². The number of nitrogens with one attached hydrogen (secondary N) is 2. The summed E-state index contributed by atoms with van der Waals surface area (Å²) in [5, 5.41) is 6.59. The number of carbonyl (C=O) groups is 1. The maximum Gasteiger partial charge on any atom is 0.265 e. The molecule has 1 aromatic heterocycles. The van der Waals surface area contributed by atoms with Gasteiger partial charge in [-0.05, 0) is 13.8 Å². The Balaban J connectivity index is 2.48. The zero-order valence-corrected chi connectivity index (χ0v) is 12.7. The van der Waals surface area contributed by atoms with Crippen molar-refractivity contribution in [1.82, 2.24) is 10.3 Å². The van der Waals surface area contributed by atoms with E-state index in [1.165, 1.54) is 11.3 Å². The fraction of sp³-hybridized carbons (Fsp3) is 0.500. The Morgan fingerprint density at radius 3 is 3.00 bits per heavy atom. The first kappa shape index (κ1) is 15.7. The van der Waals surface area contributed by atoms with Crippen LogP contribution in [0, 0.1) is 12.3 Å². The van der Waals surface area contributed by atoms with Gasteiger partial charge in [0.05, 0.1) is 5.75 Å². The number of nitrogens with two attached hydrogens (primary N) is 1. The van der Waals surface area contributed by atoms with Crippen LogP contribution in [0.25, 0.3) is 0 Å². The Labute approximate surface area is 121 Å². The lowest BCUT2D eigenvalue weighted by Crippen LogP contribution is -2.25. The van der Waals surface area contributed by atoms with E-state index in [2.05, 4.69) is 21.5 Å². The van der Waals surface area contributed by atoms with Gasteiger partial charge in [0.25, 0.3) is 5.91 Å². The molecular formula is C12H18N4OS2. The number of amides is 1. The Bertz CT molecular complexity index is 465. The number of aromatic nitrogens is 1. The monoisotopic (exact) mass is 298 g/mol. The summed E-state index contributed by atoms with van der Waals surface area (Å²) in [7, 11) is 0. The third-order valence-electron chi connectivity index (χ3n) is 1.99. The summed E-state index contributed by atoms with van der Waals surface area (Å²) in [6, 6.07) is 0.252. The van der Waals surface area contributed by atoms with Gasteiger partial charge >= 0.3 is 0 Å². The summed E-state index contributed by atoms with van der Waals surface area (Å²) < 4.78 is 0. The first-order valence-electron chi connectivity index (χ1n) is 5.86. The van der Waals surface area contributed by atoms with E-state index in [0.29, 0.717) is 22.3 Å². The van der Waals surface area contributed by atoms with Gasteiger partial charge in [0.1, 0.15) is 10.7 Å². The van der Waals surface area contributed by atoms with Gasteiger partial charge in [0, 0.05) is 18.3 Å². The quantitative estimate of drug-likeness (QED) is 0.527. The van der Waals surface area contributed by atoms with Gasteiger partial charge in [0.2, 0.25) is 0 Å². The highest BCUT2D eigenvalue weighted by molar-refractivity contribution is 7.99. The topological polar surface area (TPSA) is 80.0 Å². The molecule has 1 heterocycles. The second-order valence-electron chi connectivity index (χ2n) is 4.05. The molecule has 0 bridgehead atoms. The summed E-state index contributed by atoms with van der Waals surface area (Å²) in [4.78, 5) is 16.5. The van der Waals surface area contributed by atoms with Crippen LogP contribution in [-0.4, -0.2) is 35.0 Å². The summed E-state index contributed by atoms with van der Waals surface area (Å²) >= 11 is 2.87. The molecule has 0 saturated heterocycles. The molecule has 0 radical (unpaired) electrons. The van der Waals surface area contributed by atoms with Crippen LogP contribution in [0.3, 0.4) is 0 Å². The fourth-order valence-electron chi connectivity index (χ4n) is 1.25. The van der Waals surface area contributed by atoms with Gasteiger partial charge in [-0.15, -0.1) is 18.2 Å². The minimum absolute atomic E-state index is 0.187. The molecule has 0 aliphatic carbocycles. The molecular weight excluding hydrogens is 280 g/mol. The van der Waals surface area contributed by atoms with Crippen LogP contribution in [0.2, 0.25) is 0 Å². The highest BCUT2D eigenvalue weighted by Crippen LogP contribution is 2.25. The minimum Gasteiger partial charge on any atom is -0.382 e. The standard InChI is InChI=1S/C12H18N4OS2/c1-4-6-18-7-5-14-11(17)9-10(13)16-12(19-9)15-8(2)3/h1,8H,5-7,13H2,2-3H3,(H,14,17)(H,15,16). The van der Waals surface area contributed by atoms with Gasteiger partial charge in [-0.3, -0.25) is 4.79 Å². The maximum atomic E-state index is 11.9. The normalized spacial score (nSPS) is 10.2. The summed E-state index contributed by atoms with van der Waals surface area (Å²) in [5.41, 5.74) is 5.74. The molecule has 1 rings (SSSR count). The number of thiazole rings is 1. The molecule has 0 aliphatic rings. The lowest BCUT2D eigenvalue weighted by Gasteiger charge is -2.04. The average molecular weight is 298 g/mol. The highest BCUT2D eigenvalue weighted by Gasteiger charge is 2.15. The number of nitrogens with zero attached hydrogens (tertiary/aromatic N) is 1. The van der Waals surface area contributed by atoms with Crippen LogP contribution in [0.15, 0.2) is 0 Å². The Morgan fingerprint density at radius 1 is 1.63 bits per heavy atom. The summed E-state index contributed by atoms with van der Waals surface area (Å²) in [5.74, 6) is 4.05. The van der Waals surface area contributed by atoms with Crippen molar-refractivity contribution in [2.24, 2.45) is 0 Å². The molecule has 7 heteroatoms. The molecule has 0 aromatic carbocycles. The van der Waals surface area contributed by atoms with Gasteiger partial charge in [-0.25, -0.2) is 4.98 Å². The predicted octanol–water partition coefficient (Wildman–Crippen LogP) is 1.64. The molecule has 5 nitrogen and oxygen atoms in total. The molecule has 0 atom stereocenters. The number of hydrogen-bond donors (Lipinski definition) is 3. The molecule has 0 saturated carbocycles. The smallest absolute Gasteiger partial charge is 0.265 e. The van der Waals surface area contributed by atoms with E-state index >= 15 is 0 Å². The maximum absolute atomic E-state index is 11.9. The molecule has 0 fully saturated rings. The van der Waals surface area contributed by atoms with Gasteiger partial charge in [-0.1, -0.05) is 17.3 Å². The number of terminal acetylenes is 1. The van der Waals surface area contributed by atoms with Crippen molar-refractivity contribution in [3.8, 4) is 12.3 Å². The van der Waals surface area contributed by atoms with E-state index in [-0.39, 0.29) is 17.8 Å². The number of thioether (sulfide) groups is 1. The Morgan fingerprint density at radius 2 is 2.37 bits per heavy atom. The molecule has 1 amide bonds. The van der Waals surface area contributed by atoms with E-state index in [0.717, 1.165) is 5.75 Å². The van der Waals surface area contributed by atoms with Crippen molar-refractivity contribution in [1.29, 1.82) is 0 Å². The molecule has 1 aromatic rings. The van der Waals surface area contributed by atoms with Crippen molar-refractivity contribution in [2.45, 2.75) is 19.9 Å². The average Bonchev–Trinajstić information content (AvgIpc) is 2.68. The zero-order valence-electron chi connectivity index (χ0n) is 11.0. The largest absolute Gasteiger partial charge is 0.382 e. The Kier molecular flexibility index (Phi) is 6.53. The van der Waals surface area contributed by atoms with Gasteiger partial charge in [0.15, 0.2) is 5.13 Å². The lowest BCUT2D eigenvalue weighted by molar-refractivity contribution is 0.0961. The van der Waals surface area contributed by atoms with Gasteiger partial charge in [-0.2, -0.15) is 0 Å². The van der Waals surface area contributed by atoms with Crippen LogP contribution in [0.4, 0.5) is 10.9 Å². The minimum atomic E-state index is -0.187. The van der Waals surface area contributed by atoms with Crippen LogP contribution < -0.4 is 16.4 Å². The van der Waals surface area contributed by atoms with Gasteiger partial charge < -0.3 is 16.4 Å². The van der Waals surface area contributed by atoms with Crippen molar-refractivity contribution >= 4 is 40.0 Å². The predicted molar refractivity (Wildman–Crippen MR) is 83.8 cm³/mol. The second kappa shape index (κ2) is 7.92. The van der Waals surface area contributed by atoms with Crippen LogP contribution >= 0.6 is 23.1 Å². The third kappa shape index (κ3) is 5.41.